The minimum atomic E-state index is -0.111. The van der Waals surface area contributed by atoms with Gasteiger partial charge in [-0.2, -0.15) is 0 Å². The summed E-state index contributed by atoms with van der Waals surface area (Å²) in [5.41, 5.74) is 5.69. The number of anilines is 1. The second kappa shape index (κ2) is 6.91. The topological polar surface area (TPSA) is 64.4 Å². The van der Waals surface area contributed by atoms with Gasteiger partial charge in [-0.25, -0.2) is 0 Å². The number of nitrogens with one attached hydrogen (secondary N) is 1. The van der Waals surface area contributed by atoms with E-state index in [0.29, 0.717) is 11.5 Å². The van der Waals surface area contributed by atoms with Crippen LogP contribution in [0.1, 0.15) is 29.3 Å². The molecule has 3 aromatic rings. The van der Waals surface area contributed by atoms with Crippen LogP contribution in [-0.4, -0.2) is 17.2 Å². The molecular weight excluding hydrogens is 340 g/mol. The number of carbonyl (C=O) groups is 1. The number of aromatic nitrogens is 1. The molecule has 0 bridgehead atoms. The van der Waals surface area contributed by atoms with E-state index in [-0.39, 0.29) is 18.4 Å². The second-order valence-corrected chi connectivity index (χ2v) is 7.18. The lowest BCUT2D eigenvalue weighted by atomic mass is 10.1. The molecule has 138 valence electrons. The quantitative estimate of drug-likeness (QED) is 0.744. The highest BCUT2D eigenvalue weighted by molar-refractivity contribution is 5.93. The molecule has 5 nitrogen and oxygen atoms in total. The molecular formula is C22H22N2O3. The monoisotopic (exact) mass is 362 g/mol. The summed E-state index contributed by atoms with van der Waals surface area (Å²) < 4.78 is 11.2. The predicted molar refractivity (Wildman–Crippen MR) is 104 cm³/mol. The van der Waals surface area contributed by atoms with Gasteiger partial charge in [-0.1, -0.05) is 17.3 Å². The fourth-order valence-corrected chi connectivity index (χ4v) is 3.34. The van der Waals surface area contributed by atoms with Crippen molar-refractivity contribution in [2.75, 3.05) is 5.32 Å². The lowest BCUT2D eigenvalue weighted by Gasteiger charge is -2.08. The van der Waals surface area contributed by atoms with E-state index < -0.39 is 0 Å². The van der Waals surface area contributed by atoms with E-state index >= 15 is 0 Å². The number of rotatable bonds is 4. The first-order chi connectivity index (χ1) is 13.0. The molecule has 1 aromatic heterocycles. The molecule has 1 unspecified atom stereocenters. The van der Waals surface area contributed by atoms with Crippen LogP contribution < -0.4 is 10.1 Å². The second-order valence-electron chi connectivity index (χ2n) is 7.18. The van der Waals surface area contributed by atoms with Crippen molar-refractivity contribution in [3.8, 4) is 17.1 Å². The largest absolute Gasteiger partial charge is 0.490 e. The minimum absolute atomic E-state index is 0.111. The number of hydrogen-bond acceptors (Lipinski definition) is 4. The summed E-state index contributed by atoms with van der Waals surface area (Å²) in [5, 5.41) is 7.01. The Kier molecular flexibility index (Phi) is 4.44. The third-order valence-electron chi connectivity index (χ3n) is 4.75. The Morgan fingerprint density at radius 3 is 2.89 bits per heavy atom. The fraction of sp³-hybridized carbons (Fsp3) is 0.273. The van der Waals surface area contributed by atoms with E-state index in [0.717, 1.165) is 34.5 Å². The smallest absolute Gasteiger partial charge is 0.230 e. The van der Waals surface area contributed by atoms with Gasteiger partial charge in [-0.05, 0) is 61.7 Å². The minimum Gasteiger partial charge on any atom is -0.490 e. The number of carbonyl (C=O) groups excluding carboxylic acids is 1. The van der Waals surface area contributed by atoms with Gasteiger partial charge in [0.2, 0.25) is 5.91 Å². The average molecular weight is 362 g/mol. The summed E-state index contributed by atoms with van der Waals surface area (Å²) in [4.78, 5) is 12.4. The van der Waals surface area contributed by atoms with Crippen LogP contribution in [0.25, 0.3) is 11.3 Å². The van der Waals surface area contributed by atoms with Crippen molar-refractivity contribution in [3.63, 3.8) is 0 Å². The third-order valence-corrected chi connectivity index (χ3v) is 4.75. The zero-order valence-corrected chi connectivity index (χ0v) is 15.7. The SMILES string of the molecule is Cc1ccc(C)c(NC(=O)Cc2cc(-c3ccc4c(c3)CC(C)O4)on2)c1. The first-order valence-corrected chi connectivity index (χ1v) is 9.10. The van der Waals surface area contributed by atoms with Crippen molar-refractivity contribution in [1.29, 1.82) is 0 Å². The van der Waals surface area contributed by atoms with E-state index in [9.17, 15) is 4.79 Å². The summed E-state index contributed by atoms with van der Waals surface area (Å²) >= 11 is 0. The summed E-state index contributed by atoms with van der Waals surface area (Å²) in [7, 11) is 0. The van der Waals surface area contributed by atoms with Gasteiger partial charge in [0.15, 0.2) is 5.76 Å². The van der Waals surface area contributed by atoms with Gasteiger partial charge >= 0.3 is 0 Å². The van der Waals surface area contributed by atoms with Gasteiger partial charge in [0, 0.05) is 23.7 Å². The van der Waals surface area contributed by atoms with E-state index in [1.165, 1.54) is 5.56 Å². The lowest BCUT2D eigenvalue weighted by Crippen LogP contribution is -2.15. The highest BCUT2D eigenvalue weighted by Gasteiger charge is 2.20. The highest BCUT2D eigenvalue weighted by Crippen LogP contribution is 2.33. The number of hydrogen-bond donors (Lipinski definition) is 1. The van der Waals surface area contributed by atoms with Crippen molar-refractivity contribution >= 4 is 11.6 Å². The molecule has 0 spiro atoms. The van der Waals surface area contributed by atoms with Crippen LogP contribution in [0.2, 0.25) is 0 Å². The molecule has 1 aliphatic heterocycles. The Bertz CT molecular complexity index is 1010. The lowest BCUT2D eigenvalue weighted by molar-refractivity contribution is -0.115. The molecule has 2 aromatic carbocycles. The number of fused-ring (bicyclic) bond motifs is 1. The van der Waals surface area contributed by atoms with Gasteiger partial charge in [-0.15, -0.1) is 0 Å². The number of nitrogens with zero attached hydrogens (tertiary/aromatic N) is 1. The predicted octanol–water partition coefficient (Wildman–Crippen LogP) is 4.46. The van der Waals surface area contributed by atoms with Gasteiger partial charge in [0.25, 0.3) is 0 Å². The maximum absolute atomic E-state index is 12.4. The molecule has 0 radical (unpaired) electrons. The molecule has 2 heterocycles. The number of ether oxygens (including phenoxy) is 1. The van der Waals surface area contributed by atoms with Crippen LogP contribution in [0.3, 0.4) is 0 Å². The molecule has 0 saturated carbocycles. The number of benzene rings is 2. The standard InChI is InChI=1S/C22H22N2O3/c1-13-4-5-14(2)19(8-13)23-22(25)12-18-11-21(27-24-18)16-6-7-20-17(10-16)9-15(3)26-20/h4-8,10-11,15H,9,12H2,1-3H3,(H,23,25). The molecule has 0 fully saturated rings. The van der Waals surface area contributed by atoms with Crippen LogP contribution in [0.4, 0.5) is 5.69 Å². The van der Waals surface area contributed by atoms with Crippen LogP contribution in [0.15, 0.2) is 47.0 Å². The number of amides is 1. The van der Waals surface area contributed by atoms with E-state index in [4.69, 9.17) is 9.26 Å². The van der Waals surface area contributed by atoms with E-state index in [2.05, 4.69) is 23.5 Å². The Hall–Kier alpha value is -3.08. The summed E-state index contributed by atoms with van der Waals surface area (Å²) in [6.07, 6.45) is 1.26. The van der Waals surface area contributed by atoms with E-state index in [1.807, 2.05) is 50.2 Å². The third kappa shape index (κ3) is 3.72. The van der Waals surface area contributed by atoms with Gasteiger partial charge in [0.1, 0.15) is 11.9 Å². The van der Waals surface area contributed by atoms with Crippen LogP contribution in [0.5, 0.6) is 5.75 Å². The summed E-state index contributed by atoms with van der Waals surface area (Å²) in [5.74, 6) is 1.48. The fourth-order valence-electron chi connectivity index (χ4n) is 3.34. The Morgan fingerprint density at radius 1 is 1.19 bits per heavy atom. The summed E-state index contributed by atoms with van der Waals surface area (Å²) in [6, 6.07) is 13.8. The zero-order chi connectivity index (χ0) is 19.0. The molecule has 1 aliphatic rings. The Labute approximate surface area is 158 Å². The average Bonchev–Trinajstić information content (AvgIpc) is 3.22. The maximum atomic E-state index is 12.4. The Balaban J connectivity index is 1.46. The van der Waals surface area contributed by atoms with Crippen molar-refractivity contribution in [2.45, 2.75) is 39.7 Å². The van der Waals surface area contributed by atoms with Crippen molar-refractivity contribution in [3.05, 3.63) is 64.8 Å². The molecule has 1 amide bonds. The Morgan fingerprint density at radius 2 is 2.04 bits per heavy atom. The van der Waals surface area contributed by atoms with Crippen LogP contribution in [0, 0.1) is 13.8 Å². The van der Waals surface area contributed by atoms with Crippen molar-refractivity contribution in [2.24, 2.45) is 0 Å². The molecule has 0 aliphatic carbocycles. The van der Waals surface area contributed by atoms with Crippen LogP contribution >= 0.6 is 0 Å². The number of aryl methyl sites for hydroxylation is 2. The normalized spacial score (nSPS) is 15.3. The highest BCUT2D eigenvalue weighted by atomic mass is 16.5. The summed E-state index contributed by atoms with van der Waals surface area (Å²) in [6.45, 7) is 6.03. The first-order valence-electron chi connectivity index (χ1n) is 9.10. The molecule has 0 saturated heterocycles. The van der Waals surface area contributed by atoms with Crippen molar-refractivity contribution in [1.82, 2.24) is 5.16 Å². The zero-order valence-electron chi connectivity index (χ0n) is 15.7. The molecule has 4 rings (SSSR count). The molecule has 27 heavy (non-hydrogen) atoms. The molecule has 1 N–H and O–H groups in total. The van der Waals surface area contributed by atoms with Crippen molar-refractivity contribution < 1.29 is 14.1 Å². The molecule has 5 heteroatoms. The molecule has 1 atom stereocenters. The van der Waals surface area contributed by atoms with Gasteiger partial charge < -0.3 is 14.6 Å². The van der Waals surface area contributed by atoms with Crippen LogP contribution in [-0.2, 0) is 17.6 Å². The van der Waals surface area contributed by atoms with Gasteiger partial charge in [-0.3, -0.25) is 4.79 Å². The van der Waals surface area contributed by atoms with E-state index in [1.54, 1.807) is 0 Å². The first kappa shape index (κ1) is 17.3. The van der Waals surface area contributed by atoms with Gasteiger partial charge in [0.05, 0.1) is 12.1 Å². The maximum Gasteiger partial charge on any atom is 0.230 e.